The minimum absolute atomic E-state index is 0.107. The van der Waals surface area contributed by atoms with Gasteiger partial charge in [0.1, 0.15) is 16.7 Å². The highest BCUT2D eigenvalue weighted by atomic mass is 79.9. The molecule has 0 aliphatic rings. The maximum absolute atomic E-state index is 5.82. The molecule has 3 N–H and O–H groups in total. The van der Waals surface area contributed by atoms with Gasteiger partial charge in [-0.3, -0.25) is 0 Å². The predicted octanol–water partition coefficient (Wildman–Crippen LogP) is 3.99. The number of hydrogen-bond donors (Lipinski definition) is 2. The van der Waals surface area contributed by atoms with Gasteiger partial charge in [0.05, 0.1) is 17.3 Å². The van der Waals surface area contributed by atoms with Crippen LogP contribution in [0.3, 0.4) is 0 Å². The van der Waals surface area contributed by atoms with E-state index in [9.17, 15) is 0 Å². The molecule has 0 radical (unpaired) electrons. The summed E-state index contributed by atoms with van der Waals surface area (Å²) >= 11 is 12.7. The number of nitrogens with zero attached hydrogens (tertiary/aromatic N) is 2. The minimum atomic E-state index is 0.107. The molecule has 0 bridgehead atoms. The smallest absolute Gasteiger partial charge is 0.223 e. The highest BCUT2D eigenvalue weighted by Gasteiger charge is 2.09. The normalized spacial score (nSPS) is 10.3. The van der Waals surface area contributed by atoms with Gasteiger partial charge in [-0.15, -0.1) is 0 Å². The third-order valence-electron chi connectivity index (χ3n) is 2.22. The molecule has 0 saturated heterocycles. The van der Waals surface area contributed by atoms with Crippen molar-refractivity contribution < 1.29 is 4.74 Å². The predicted molar refractivity (Wildman–Crippen MR) is 83.1 cm³/mol. The molecule has 100 valence electrons. The summed E-state index contributed by atoms with van der Waals surface area (Å²) in [6.07, 6.45) is 0. The molecular weight excluding hydrogens is 399 g/mol. The second kappa shape index (κ2) is 5.94. The second-order valence-electron chi connectivity index (χ2n) is 3.53. The highest BCUT2D eigenvalue weighted by molar-refractivity contribution is 9.11. The summed E-state index contributed by atoms with van der Waals surface area (Å²) in [5, 5.41) is 3.37. The van der Waals surface area contributed by atoms with E-state index in [2.05, 4.69) is 47.1 Å². The van der Waals surface area contributed by atoms with Crippen LogP contribution in [0.4, 0.5) is 17.5 Å². The van der Waals surface area contributed by atoms with Crippen LogP contribution in [0.1, 0.15) is 0 Å². The number of aromatic nitrogens is 2. The molecule has 0 aliphatic carbocycles. The number of nitrogens with two attached hydrogens (primary N) is 1. The zero-order valence-electron chi connectivity index (χ0n) is 9.75. The molecule has 19 heavy (non-hydrogen) atoms. The van der Waals surface area contributed by atoms with E-state index in [4.69, 9.17) is 22.1 Å². The molecule has 0 atom stereocenters. The largest absolute Gasteiger partial charge is 0.495 e. The molecule has 0 spiro atoms. The van der Waals surface area contributed by atoms with Crippen molar-refractivity contribution in [2.45, 2.75) is 0 Å². The van der Waals surface area contributed by atoms with E-state index in [0.29, 0.717) is 11.6 Å². The van der Waals surface area contributed by atoms with Crippen LogP contribution in [-0.2, 0) is 0 Å². The Balaban J connectivity index is 2.37. The van der Waals surface area contributed by atoms with Crippen LogP contribution in [0, 0.1) is 0 Å². The molecule has 2 rings (SSSR count). The average molecular weight is 408 g/mol. The maximum Gasteiger partial charge on any atom is 0.223 e. The molecule has 0 unspecified atom stereocenters. The van der Waals surface area contributed by atoms with Crippen LogP contribution < -0.4 is 15.8 Å². The van der Waals surface area contributed by atoms with Crippen molar-refractivity contribution in [3.05, 3.63) is 32.3 Å². The first-order valence-electron chi connectivity index (χ1n) is 5.09. The van der Waals surface area contributed by atoms with Gasteiger partial charge in [0, 0.05) is 16.6 Å². The summed E-state index contributed by atoms with van der Waals surface area (Å²) in [5.74, 6) is 1.30. The Hall–Kier alpha value is -1.05. The zero-order chi connectivity index (χ0) is 14.0. The Morgan fingerprint density at radius 1 is 1.21 bits per heavy atom. The summed E-state index contributed by atoms with van der Waals surface area (Å²) in [7, 11) is 1.59. The summed E-state index contributed by atoms with van der Waals surface area (Å²) in [6.45, 7) is 0. The number of hydrogen-bond acceptors (Lipinski definition) is 5. The van der Waals surface area contributed by atoms with E-state index >= 15 is 0 Å². The van der Waals surface area contributed by atoms with Gasteiger partial charge >= 0.3 is 0 Å². The molecule has 0 saturated carbocycles. The lowest BCUT2D eigenvalue weighted by molar-refractivity contribution is 0.412. The molecule has 5 nitrogen and oxygen atoms in total. The quantitative estimate of drug-likeness (QED) is 0.752. The molecule has 2 aromatic rings. The van der Waals surface area contributed by atoms with E-state index in [1.165, 1.54) is 0 Å². The molecular formula is C11H9Br2ClN4O. The fourth-order valence-corrected chi connectivity index (χ4v) is 2.86. The molecule has 1 aromatic carbocycles. The Morgan fingerprint density at radius 2 is 1.95 bits per heavy atom. The van der Waals surface area contributed by atoms with E-state index < -0.39 is 0 Å². The highest BCUT2D eigenvalue weighted by Crippen LogP contribution is 2.35. The number of benzene rings is 1. The first-order chi connectivity index (χ1) is 8.99. The van der Waals surface area contributed by atoms with Crippen molar-refractivity contribution >= 4 is 60.9 Å². The van der Waals surface area contributed by atoms with Gasteiger partial charge < -0.3 is 15.8 Å². The van der Waals surface area contributed by atoms with Gasteiger partial charge in [0.2, 0.25) is 5.95 Å². The van der Waals surface area contributed by atoms with Gasteiger partial charge in [-0.1, -0.05) is 11.6 Å². The van der Waals surface area contributed by atoms with E-state index in [0.717, 1.165) is 14.6 Å². The molecule has 8 heteroatoms. The van der Waals surface area contributed by atoms with Crippen molar-refractivity contribution in [1.29, 1.82) is 0 Å². The number of rotatable bonds is 3. The lowest BCUT2D eigenvalue weighted by Crippen LogP contribution is -2.01. The molecule has 0 amide bonds. The Kier molecular flexibility index (Phi) is 4.49. The first kappa shape index (κ1) is 14.4. The van der Waals surface area contributed by atoms with Crippen LogP contribution in [0.5, 0.6) is 5.75 Å². The number of halogens is 3. The average Bonchev–Trinajstić information content (AvgIpc) is 2.31. The van der Waals surface area contributed by atoms with Gasteiger partial charge in [-0.25, -0.2) is 4.98 Å². The molecule has 0 aliphatic heterocycles. The van der Waals surface area contributed by atoms with Gasteiger partial charge in [0.25, 0.3) is 0 Å². The molecule has 1 aromatic heterocycles. The summed E-state index contributed by atoms with van der Waals surface area (Å²) < 4.78 is 6.92. The van der Waals surface area contributed by atoms with Gasteiger partial charge in [0.15, 0.2) is 0 Å². The molecule has 0 fully saturated rings. The minimum Gasteiger partial charge on any atom is -0.495 e. The SMILES string of the molecule is COc1cc(Nc2cc(Cl)nc(N)n2)c(Br)cc1Br. The summed E-state index contributed by atoms with van der Waals surface area (Å²) in [4.78, 5) is 7.84. The topological polar surface area (TPSA) is 73.1 Å². The van der Waals surface area contributed by atoms with Crippen molar-refractivity contribution in [3.8, 4) is 5.75 Å². The fraction of sp³-hybridized carbons (Fsp3) is 0.0909. The van der Waals surface area contributed by atoms with Crippen molar-refractivity contribution in [2.24, 2.45) is 0 Å². The number of nitrogen functional groups attached to an aromatic ring is 1. The summed E-state index contributed by atoms with van der Waals surface area (Å²) in [6, 6.07) is 5.27. The van der Waals surface area contributed by atoms with Crippen LogP contribution in [0.2, 0.25) is 5.15 Å². The third-order valence-corrected chi connectivity index (χ3v) is 3.69. The zero-order valence-corrected chi connectivity index (χ0v) is 13.7. The number of nitrogens with one attached hydrogen (secondary N) is 1. The Morgan fingerprint density at radius 3 is 2.58 bits per heavy atom. The Bertz CT molecular complexity index is 604. The third kappa shape index (κ3) is 3.49. The van der Waals surface area contributed by atoms with Gasteiger partial charge in [-0.2, -0.15) is 4.98 Å². The standard InChI is InChI=1S/C11H9Br2ClN4O/c1-19-8-3-7(5(12)2-6(8)13)16-10-4-9(14)17-11(15)18-10/h2-4H,1H3,(H3,15,16,17,18). The van der Waals surface area contributed by atoms with E-state index in [-0.39, 0.29) is 11.1 Å². The summed E-state index contributed by atoms with van der Waals surface area (Å²) in [5.41, 5.74) is 6.31. The van der Waals surface area contributed by atoms with E-state index in [1.54, 1.807) is 13.2 Å². The number of anilines is 3. The van der Waals surface area contributed by atoms with Crippen molar-refractivity contribution in [3.63, 3.8) is 0 Å². The number of ether oxygens (including phenoxy) is 1. The van der Waals surface area contributed by atoms with Crippen molar-refractivity contribution in [2.75, 3.05) is 18.2 Å². The molecule has 1 heterocycles. The monoisotopic (exact) mass is 406 g/mol. The lowest BCUT2D eigenvalue weighted by atomic mass is 10.3. The van der Waals surface area contributed by atoms with Gasteiger partial charge in [-0.05, 0) is 37.9 Å². The lowest BCUT2D eigenvalue weighted by Gasteiger charge is -2.11. The number of methoxy groups -OCH3 is 1. The Labute approximate surface area is 131 Å². The van der Waals surface area contributed by atoms with Crippen LogP contribution in [0.15, 0.2) is 27.1 Å². The van der Waals surface area contributed by atoms with Crippen LogP contribution >= 0.6 is 43.5 Å². The van der Waals surface area contributed by atoms with Crippen LogP contribution in [0.25, 0.3) is 0 Å². The fourth-order valence-electron chi connectivity index (χ4n) is 1.42. The van der Waals surface area contributed by atoms with E-state index in [1.807, 2.05) is 12.1 Å². The van der Waals surface area contributed by atoms with Crippen molar-refractivity contribution in [1.82, 2.24) is 9.97 Å². The maximum atomic E-state index is 5.82. The van der Waals surface area contributed by atoms with Crippen LogP contribution in [-0.4, -0.2) is 17.1 Å². The first-order valence-corrected chi connectivity index (χ1v) is 7.06. The second-order valence-corrected chi connectivity index (χ2v) is 5.62.